The van der Waals surface area contributed by atoms with E-state index >= 15 is 0 Å². The molecule has 3 atom stereocenters. The van der Waals surface area contributed by atoms with Gasteiger partial charge in [0.2, 0.25) is 0 Å². The summed E-state index contributed by atoms with van der Waals surface area (Å²) < 4.78 is 6.45. The summed E-state index contributed by atoms with van der Waals surface area (Å²) in [5.74, 6) is 1.00. The Kier molecular flexibility index (Phi) is 4.17. The van der Waals surface area contributed by atoms with Crippen molar-refractivity contribution in [2.75, 3.05) is 20.1 Å². The zero-order valence-electron chi connectivity index (χ0n) is 13.2. The molecule has 2 heterocycles. The van der Waals surface area contributed by atoms with Crippen molar-refractivity contribution in [3.8, 4) is 5.75 Å². The molecule has 2 aliphatic rings. The van der Waals surface area contributed by atoms with Gasteiger partial charge in [0.1, 0.15) is 11.4 Å². The number of ether oxygens (including phenoxy) is 1. The van der Waals surface area contributed by atoms with Crippen molar-refractivity contribution in [3.63, 3.8) is 0 Å². The first kappa shape index (κ1) is 15.1. The zero-order valence-corrected chi connectivity index (χ0v) is 13.9. The molecule has 2 aliphatic heterocycles. The summed E-state index contributed by atoms with van der Waals surface area (Å²) in [6.45, 7) is 6.51. The number of fused-ring (bicyclic) bond motifs is 1. The first-order chi connectivity index (χ1) is 10.0. The van der Waals surface area contributed by atoms with E-state index in [1.54, 1.807) is 0 Å². The van der Waals surface area contributed by atoms with Crippen LogP contribution in [0.3, 0.4) is 0 Å². The van der Waals surface area contributed by atoms with E-state index in [0.29, 0.717) is 12.1 Å². The summed E-state index contributed by atoms with van der Waals surface area (Å²) in [7, 11) is 2.19. The van der Waals surface area contributed by atoms with E-state index in [0.717, 1.165) is 43.1 Å². The molecule has 0 saturated carbocycles. The fourth-order valence-electron chi connectivity index (χ4n) is 3.73. The quantitative estimate of drug-likeness (QED) is 0.923. The molecule has 1 N–H and O–H groups in total. The summed E-state index contributed by atoms with van der Waals surface area (Å²) in [6, 6.07) is 6.93. The first-order valence-corrected chi connectivity index (χ1v) is 8.33. The SMILES string of the molecule is CCCNC1CC2(CC(C)N(C)C2)Oc2ccc(Cl)cc21. The van der Waals surface area contributed by atoms with Gasteiger partial charge >= 0.3 is 0 Å². The molecule has 1 fully saturated rings. The van der Waals surface area contributed by atoms with E-state index in [4.69, 9.17) is 16.3 Å². The molecule has 116 valence electrons. The zero-order chi connectivity index (χ0) is 15.0. The van der Waals surface area contributed by atoms with Crippen molar-refractivity contribution in [2.24, 2.45) is 0 Å². The van der Waals surface area contributed by atoms with E-state index < -0.39 is 0 Å². The summed E-state index contributed by atoms with van der Waals surface area (Å²) in [5.41, 5.74) is 1.16. The molecule has 0 radical (unpaired) electrons. The molecule has 1 aromatic rings. The summed E-state index contributed by atoms with van der Waals surface area (Å²) >= 11 is 6.18. The van der Waals surface area contributed by atoms with Crippen LogP contribution in [0, 0.1) is 0 Å². The number of likely N-dealkylation sites (N-methyl/N-ethyl adjacent to an activating group) is 1. The number of nitrogens with zero attached hydrogens (tertiary/aromatic N) is 1. The van der Waals surface area contributed by atoms with Crippen LogP contribution >= 0.6 is 11.6 Å². The Morgan fingerprint density at radius 3 is 2.90 bits per heavy atom. The molecule has 3 unspecified atom stereocenters. The minimum Gasteiger partial charge on any atom is -0.485 e. The predicted molar refractivity (Wildman–Crippen MR) is 87.2 cm³/mol. The summed E-state index contributed by atoms with van der Waals surface area (Å²) in [6.07, 6.45) is 3.25. The maximum Gasteiger partial charge on any atom is 0.125 e. The van der Waals surface area contributed by atoms with E-state index in [2.05, 4.69) is 37.2 Å². The van der Waals surface area contributed by atoms with Crippen molar-refractivity contribution in [3.05, 3.63) is 28.8 Å². The van der Waals surface area contributed by atoms with Gasteiger partial charge in [0.05, 0.1) is 0 Å². The van der Waals surface area contributed by atoms with Gasteiger partial charge in [0, 0.05) is 42.1 Å². The number of nitrogens with one attached hydrogen (secondary N) is 1. The molecular weight excluding hydrogens is 284 g/mol. The van der Waals surface area contributed by atoms with Crippen LogP contribution in [-0.4, -0.2) is 36.7 Å². The van der Waals surface area contributed by atoms with Crippen LogP contribution in [0.15, 0.2) is 18.2 Å². The second-order valence-corrected chi connectivity index (χ2v) is 7.08. The van der Waals surface area contributed by atoms with Gasteiger partial charge in [-0.25, -0.2) is 0 Å². The Morgan fingerprint density at radius 2 is 2.24 bits per heavy atom. The van der Waals surface area contributed by atoms with E-state index in [1.807, 2.05) is 12.1 Å². The highest BCUT2D eigenvalue weighted by molar-refractivity contribution is 6.30. The lowest BCUT2D eigenvalue weighted by Gasteiger charge is -2.40. The molecule has 1 aromatic carbocycles. The average Bonchev–Trinajstić information content (AvgIpc) is 2.71. The Morgan fingerprint density at radius 1 is 1.43 bits per heavy atom. The molecule has 0 bridgehead atoms. The lowest BCUT2D eigenvalue weighted by Crippen LogP contribution is -2.46. The van der Waals surface area contributed by atoms with Crippen molar-refractivity contribution in [2.45, 2.75) is 50.8 Å². The van der Waals surface area contributed by atoms with Gasteiger partial charge in [-0.3, -0.25) is 4.90 Å². The fraction of sp³-hybridized carbons (Fsp3) is 0.647. The molecule has 1 saturated heterocycles. The van der Waals surface area contributed by atoms with Crippen LogP contribution in [0.4, 0.5) is 0 Å². The van der Waals surface area contributed by atoms with Crippen LogP contribution in [0.2, 0.25) is 5.02 Å². The number of benzene rings is 1. The lowest BCUT2D eigenvalue weighted by atomic mass is 9.85. The van der Waals surface area contributed by atoms with Gasteiger partial charge in [-0.05, 0) is 45.1 Å². The monoisotopic (exact) mass is 308 g/mol. The van der Waals surface area contributed by atoms with Crippen LogP contribution in [0.1, 0.15) is 44.7 Å². The lowest BCUT2D eigenvalue weighted by molar-refractivity contribution is 0.0405. The van der Waals surface area contributed by atoms with Crippen molar-refractivity contribution in [1.29, 1.82) is 0 Å². The van der Waals surface area contributed by atoms with Gasteiger partial charge in [0.15, 0.2) is 0 Å². The Bertz CT molecular complexity index is 510. The standard InChI is InChI=1S/C17H25ClN2O/c1-4-7-19-15-10-17(9-12(2)20(3)11-17)21-16-6-5-13(18)8-14(15)16/h5-6,8,12,15,19H,4,7,9-11H2,1-3H3. The summed E-state index contributed by atoms with van der Waals surface area (Å²) in [5, 5.41) is 4.46. The molecule has 1 spiro atoms. The normalized spacial score (nSPS) is 32.2. The van der Waals surface area contributed by atoms with Crippen LogP contribution in [0.5, 0.6) is 5.75 Å². The average molecular weight is 309 g/mol. The molecule has 3 nitrogen and oxygen atoms in total. The third kappa shape index (κ3) is 2.92. The molecule has 0 amide bonds. The van der Waals surface area contributed by atoms with Crippen LogP contribution < -0.4 is 10.1 Å². The third-order valence-electron chi connectivity index (χ3n) is 4.85. The van der Waals surface area contributed by atoms with Gasteiger partial charge in [-0.2, -0.15) is 0 Å². The highest BCUT2D eigenvalue weighted by atomic mass is 35.5. The van der Waals surface area contributed by atoms with E-state index in [-0.39, 0.29) is 5.60 Å². The molecule has 21 heavy (non-hydrogen) atoms. The minimum absolute atomic E-state index is 0.0552. The van der Waals surface area contributed by atoms with Gasteiger partial charge in [-0.1, -0.05) is 18.5 Å². The smallest absolute Gasteiger partial charge is 0.125 e. The number of hydrogen-bond donors (Lipinski definition) is 1. The highest BCUT2D eigenvalue weighted by Gasteiger charge is 2.47. The number of rotatable bonds is 3. The molecule has 4 heteroatoms. The fourth-order valence-corrected chi connectivity index (χ4v) is 3.91. The van der Waals surface area contributed by atoms with Gasteiger partial charge in [0.25, 0.3) is 0 Å². The second kappa shape index (κ2) is 5.79. The molecule has 3 rings (SSSR count). The van der Waals surface area contributed by atoms with Crippen molar-refractivity contribution in [1.82, 2.24) is 10.2 Å². The molecule has 0 aliphatic carbocycles. The second-order valence-electron chi connectivity index (χ2n) is 6.65. The van der Waals surface area contributed by atoms with Gasteiger partial charge in [-0.15, -0.1) is 0 Å². The van der Waals surface area contributed by atoms with Gasteiger partial charge < -0.3 is 10.1 Å². The van der Waals surface area contributed by atoms with Crippen molar-refractivity contribution >= 4 is 11.6 Å². The number of halogens is 1. The largest absolute Gasteiger partial charge is 0.485 e. The number of likely N-dealkylation sites (tertiary alicyclic amines) is 1. The van der Waals surface area contributed by atoms with Crippen LogP contribution in [-0.2, 0) is 0 Å². The third-order valence-corrected chi connectivity index (χ3v) is 5.08. The maximum atomic E-state index is 6.45. The summed E-state index contributed by atoms with van der Waals surface area (Å²) in [4.78, 5) is 2.40. The first-order valence-electron chi connectivity index (χ1n) is 7.95. The minimum atomic E-state index is -0.0552. The Balaban J connectivity index is 1.91. The van der Waals surface area contributed by atoms with Crippen LogP contribution in [0.25, 0.3) is 0 Å². The predicted octanol–water partition coefficient (Wildman–Crippen LogP) is 3.63. The van der Waals surface area contributed by atoms with E-state index in [1.165, 1.54) is 5.56 Å². The Hall–Kier alpha value is -0.770. The Labute approximate surface area is 132 Å². The molecular formula is C17H25ClN2O. The highest BCUT2D eigenvalue weighted by Crippen LogP contribution is 2.45. The number of hydrogen-bond acceptors (Lipinski definition) is 3. The van der Waals surface area contributed by atoms with Crippen molar-refractivity contribution < 1.29 is 4.74 Å². The maximum absolute atomic E-state index is 6.45. The molecule has 0 aromatic heterocycles. The van der Waals surface area contributed by atoms with E-state index in [9.17, 15) is 0 Å². The topological polar surface area (TPSA) is 24.5 Å².